The summed E-state index contributed by atoms with van der Waals surface area (Å²) in [5.74, 6) is 0.170. The van der Waals surface area contributed by atoms with Crippen LogP contribution in [0.2, 0.25) is 13.1 Å². The lowest BCUT2D eigenvalue weighted by molar-refractivity contribution is -0.119. The van der Waals surface area contributed by atoms with Gasteiger partial charge >= 0.3 is 0 Å². The van der Waals surface area contributed by atoms with Crippen molar-refractivity contribution in [2.24, 2.45) is 5.41 Å². The Bertz CT molecular complexity index is 235. The zero-order valence-corrected chi connectivity index (χ0v) is 11.6. The van der Waals surface area contributed by atoms with Crippen molar-refractivity contribution in [2.75, 3.05) is 0 Å². The fourth-order valence-corrected chi connectivity index (χ4v) is 3.24. The van der Waals surface area contributed by atoms with E-state index in [4.69, 9.17) is 4.43 Å². The van der Waals surface area contributed by atoms with Gasteiger partial charge in [0.15, 0.2) is 9.04 Å². The Morgan fingerprint density at radius 1 is 1.47 bits per heavy atom. The highest BCUT2D eigenvalue weighted by molar-refractivity contribution is 6.48. The van der Waals surface area contributed by atoms with E-state index in [2.05, 4.69) is 39.2 Å². The maximum Gasteiger partial charge on any atom is 0.220 e. The van der Waals surface area contributed by atoms with Gasteiger partial charge in [0, 0.05) is 6.42 Å². The van der Waals surface area contributed by atoms with Crippen molar-refractivity contribution < 1.29 is 9.22 Å². The SMILES string of the molecule is C[SiH](C)OC([C@H]1CCC(=O)N1)C(C)(C)C. The van der Waals surface area contributed by atoms with E-state index in [0.717, 1.165) is 6.42 Å². The molecule has 3 nitrogen and oxygen atoms in total. The van der Waals surface area contributed by atoms with Crippen molar-refractivity contribution in [3.05, 3.63) is 0 Å². The summed E-state index contributed by atoms with van der Waals surface area (Å²) < 4.78 is 6.07. The van der Waals surface area contributed by atoms with E-state index in [0.29, 0.717) is 6.42 Å². The van der Waals surface area contributed by atoms with E-state index in [9.17, 15) is 4.79 Å². The number of rotatable bonds is 3. The number of carbonyl (C=O) groups excluding carboxylic acids is 1. The van der Waals surface area contributed by atoms with E-state index in [-0.39, 0.29) is 23.5 Å². The summed E-state index contributed by atoms with van der Waals surface area (Å²) in [7, 11) is -1.06. The third-order valence-corrected chi connectivity index (χ3v) is 3.50. The molecule has 2 atom stereocenters. The van der Waals surface area contributed by atoms with Crippen molar-refractivity contribution in [3.63, 3.8) is 0 Å². The van der Waals surface area contributed by atoms with E-state index >= 15 is 0 Å². The molecular formula is C11H23NO2Si. The average Bonchev–Trinajstić information content (AvgIpc) is 2.45. The van der Waals surface area contributed by atoms with E-state index in [1.54, 1.807) is 0 Å². The molecule has 0 aromatic rings. The van der Waals surface area contributed by atoms with Crippen molar-refractivity contribution in [3.8, 4) is 0 Å². The summed E-state index contributed by atoms with van der Waals surface area (Å²) in [4.78, 5) is 11.2. The Kier molecular flexibility index (Phi) is 3.95. The van der Waals surface area contributed by atoms with Crippen molar-refractivity contribution in [1.82, 2.24) is 5.32 Å². The highest BCUT2D eigenvalue weighted by atomic mass is 28.3. The average molecular weight is 229 g/mol. The van der Waals surface area contributed by atoms with Crippen LogP contribution in [0.1, 0.15) is 33.6 Å². The van der Waals surface area contributed by atoms with Crippen molar-refractivity contribution in [2.45, 2.75) is 58.9 Å². The number of nitrogens with one attached hydrogen (secondary N) is 1. The monoisotopic (exact) mass is 229 g/mol. The Labute approximate surface area is 94.3 Å². The molecule has 0 spiro atoms. The Morgan fingerprint density at radius 3 is 2.40 bits per heavy atom. The zero-order valence-electron chi connectivity index (χ0n) is 10.5. The first-order chi connectivity index (χ1) is 6.80. The van der Waals surface area contributed by atoms with Gasteiger partial charge in [0.25, 0.3) is 0 Å². The smallest absolute Gasteiger partial charge is 0.220 e. The molecule has 1 rings (SSSR count). The maximum atomic E-state index is 11.2. The van der Waals surface area contributed by atoms with Gasteiger partial charge in [0.05, 0.1) is 12.1 Å². The van der Waals surface area contributed by atoms with Crippen LogP contribution in [-0.4, -0.2) is 27.1 Å². The van der Waals surface area contributed by atoms with Crippen LogP contribution in [0.25, 0.3) is 0 Å². The summed E-state index contributed by atoms with van der Waals surface area (Å²) >= 11 is 0. The molecule has 1 aliphatic rings. The fraction of sp³-hybridized carbons (Fsp3) is 0.909. The van der Waals surface area contributed by atoms with Crippen LogP contribution < -0.4 is 5.32 Å². The van der Waals surface area contributed by atoms with E-state index in [1.165, 1.54) is 0 Å². The summed E-state index contributed by atoms with van der Waals surface area (Å²) in [6.07, 6.45) is 1.73. The topological polar surface area (TPSA) is 38.3 Å². The molecule has 4 heteroatoms. The lowest BCUT2D eigenvalue weighted by Gasteiger charge is -2.36. The predicted molar refractivity (Wildman–Crippen MR) is 64.4 cm³/mol. The summed E-state index contributed by atoms with van der Waals surface area (Å²) in [5, 5.41) is 3.02. The second-order valence-corrected chi connectivity index (χ2v) is 8.05. The largest absolute Gasteiger partial charge is 0.415 e. The summed E-state index contributed by atoms with van der Waals surface area (Å²) in [6, 6.07) is 0.215. The van der Waals surface area contributed by atoms with Gasteiger partial charge in [-0.1, -0.05) is 20.8 Å². The molecule has 0 bridgehead atoms. The molecule has 88 valence electrons. The van der Waals surface area contributed by atoms with Crippen molar-refractivity contribution >= 4 is 14.9 Å². The Balaban J connectivity index is 2.68. The molecule has 0 radical (unpaired) electrons. The van der Waals surface area contributed by atoms with Crippen LogP contribution >= 0.6 is 0 Å². The first-order valence-electron chi connectivity index (χ1n) is 5.75. The normalized spacial score (nSPS) is 24.4. The molecule has 1 heterocycles. The van der Waals surface area contributed by atoms with Gasteiger partial charge in [-0.05, 0) is 24.9 Å². The van der Waals surface area contributed by atoms with Crippen LogP contribution in [-0.2, 0) is 9.22 Å². The summed E-state index contributed by atoms with van der Waals surface area (Å²) in [5.41, 5.74) is 0.0968. The highest BCUT2D eigenvalue weighted by Crippen LogP contribution is 2.29. The maximum absolute atomic E-state index is 11.2. The van der Waals surface area contributed by atoms with Gasteiger partial charge in [-0.25, -0.2) is 0 Å². The van der Waals surface area contributed by atoms with Crippen molar-refractivity contribution in [1.29, 1.82) is 0 Å². The van der Waals surface area contributed by atoms with Crippen LogP contribution in [0.5, 0.6) is 0 Å². The highest BCUT2D eigenvalue weighted by Gasteiger charge is 2.37. The zero-order chi connectivity index (χ0) is 11.6. The number of hydrogen-bond donors (Lipinski definition) is 1. The van der Waals surface area contributed by atoms with Gasteiger partial charge in [0.1, 0.15) is 0 Å². The minimum absolute atomic E-state index is 0.0968. The standard InChI is InChI=1S/C11H23NO2Si/c1-11(2,3)10(14-15(4)5)8-6-7-9(13)12-8/h8,10,15H,6-7H2,1-5H3,(H,12,13)/t8-,10?/m1/s1. The quantitative estimate of drug-likeness (QED) is 0.748. The van der Waals surface area contributed by atoms with Crippen LogP contribution in [0, 0.1) is 5.41 Å². The Hall–Kier alpha value is -0.353. The molecular weight excluding hydrogens is 206 g/mol. The first-order valence-corrected chi connectivity index (χ1v) is 8.53. The van der Waals surface area contributed by atoms with E-state index in [1.807, 2.05) is 0 Å². The molecule has 15 heavy (non-hydrogen) atoms. The van der Waals surface area contributed by atoms with Gasteiger partial charge in [-0.2, -0.15) is 0 Å². The van der Waals surface area contributed by atoms with Crippen LogP contribution in [0.3, 0.4) is 0 Å². The Morgan fingerprint density at radius 2 is 2.07 bits per heavy atom. The summed E-state index contributed by atoms with van der Waals surface area (Å²) in [6.45, 7) is 10.9. The molecule has 1 fully saturated rings. The molecule has 1 saturated heterocycles. The van der Waals surface area contributed by atoms with Gasteiger partial charge in [-0.15, -0.1) is 0 Å². The molecule has 1 amide bonds. The first kappa shape index (κ1) is 12.7. The molecule has 0 aromatic heterocycles. The third kappa shape index (κ3) is 3.61. The molecule has 1 aliphatic heterocycles. The fourth-order valence-electron chi connectivity index (χ4n) is 2.06. The lowest BCUT2D eigenvalue weighted by Crippen LogP contribution is -2.47. The van der Waals surface area contributed by atoms with Crippen LogP contribution in [0.4, 0.5) is 0 Å². The number of hydrogen-bond acceptors (Lipinski definition) is 2. The van der Waals surface area contributed by atoms with Gasteiger partial charge in [-0.3, -0.25) is 4.79 Å². The third-order valence-electron chi connectivity index (χ3n) is 2.67. The minimum Gasteiger partial charge on any atom is -0.415 e. The lowest BCUT2D eigenvalue weighted by atomic mass is 9.84. The number of amides is 1. The number of carbonyl (C=O) groups is 1. The van der Waals surface area contributed by atoms with Crippen LogP contribution in [0.15, 0.2) is 0 Å². The van der Waals surface area contributed by atoms with E-state index < -0.39 is 9.04 Å². The second kappa shape index (κ2) is 4.66. The molecule has 1 N–H and O–H groups in total. The minimum atomic E-state index is -1.06. The second-order valence-electron chi connectivity index (χ2n) is 5.68. The predicted octanol–water partition coefficient (Wildman–Crippen LogP) is 1.68. The van der Waals surface area contributed by atoms with Gasteiger partial charge in [0.2, 0.25) is 5.91 Å². The molecule has 0 aromatic carbocycles. The molecule has 1 unspecified atom stereocenters. The molecule has 0 saturated carbocycles. The molecule has 0 aliphatic carbocycles. The van der Waals surface area contributed by atoms with Gasteiger partial charge < -0.3 is 9.74 Å².